The van der Waals surface area contributed by atoms with Crippen LogP contribution in [0.5, 0.6) is 0 Å². The zero-order valence-electron chi connectivity index (χ0n) is 11.2. The predicted molar refractivity (Wildman–Crippen MR) is 78.9 cm³/mol. The minimum atomic E-state index is -0.649. The maximum Gasteiger partial charge on any atom is 0.307 e. The lowest BCUT2D eigenvalue weighted by Gasteiger charge is -2.37. The molecule has 106 valence electrons. The molecule has 4 nitrogen and oxygen atoms in total. The highest BCUT2D eigenvalue weighted by Gasteiger charge is 2.38. The summed E-state index contributed by atoms with van der Waals surface area (Å²) >= 11 is 1.70. The van der Waals surface area contributed by atoms with Gasteiger partial charge >= 0.3 is 5.97 Å². The van der Waals surface area contributed by atoms with E-state index in [0.29, 0.717) is 6.17 Å². The smallest absolute Gasteiger partial charge is 0.307 e. The van der Waals surface area contributed by atoms with Gasteiger partial charge in [0, 0.05) is 11.4 Å². The Kier molecular flexibility index (Phi) is 2.93. The van der Waals surface area contributed by atoms with Gasteiger partial charge in [0.15, 0.2) is 0 Å². The highest BCUT2D eigenvalue weighted by atomic mass is 32.2. The fraction of sp³-hybridized carbons (Fsp3) is 0.533. The molecule has 1 aliphatic carbocycles. The zero-order chi connectivity index (χ0) is 13.7. The van der Waals surface area contributed by atoms with Crippen molar-refractivity contribution in [3.05, 3.63) is 23.8 Å². The van der Waals surface area contributed by atoms with Crippen LogP contribution in [0.25, 0.3) is 0 Å². The fourth-order valence-electron chi connectivity index (χ4n) is 3.58. The van der Waals surface area contributed by atoms with E-state index in [0.717, 1.165) is 19.4 Å². The molecule has 1 saturated carbocycles. The molecule has 1 saturated heterocycles. The number of nitrogens with zero attached hydrogens (tertiary/aromatic N) is 1. The number of aliphatic carboxylic acids is 1. The standard InChI is InChI=1S/C15H18N2O2S/c18-15(19)11-5-4-10(11)9-3-6-12-13(8-9)20-16-14-2-1-7-17(12)14/h3,6,8,10-11,14,16H,1-2,4-5,7H2,(H,18,19). The maximum absolute atomic E-state index is 11.2. The normalized spacial score (nSPS) is 31.4. The van der Waals surface area contributed by atoms with Crippen molar-refractivity contribution in [1.82, 2.24) is 4.72 Å². The Morgan fingerprint density at radius 3 is 3.00 bits per heavy atom. The first-order chi connectivity index (χ1) is 9.74. The van der Waals surface area contributed by atoms with Gasteiger partial charge in [-0.1, -0.05) is 6.07 Å². The molecule has 0 radical (unpaired) electrons. The summed E-state index contributed by atoms with van der Waals surface area (Å²) in [6, 6.07) is 6.52. The first-order valence-corrected chi connectivity index (χ1v) is 8.11. The number of nitrogens with one attached hydrogen (secondary N) is 1. The average Bonchev–Trinajstić information content (AvgIpc) is 2.84. The number of carbonyl (C=O) groups is 1. The van der Waals surface area contributed by atoms with Crippen molar-refractivity contribution in [3.8, 4) is 0 Å². The van der Waals surface area contributed by atoms with E-state index in [4.69, 9.17) is 0 Å². The van der Waals surface area contributed by atoms with Gasteiger partial charge in [0.25, 0.3) is 0 Å². The molecule has 0 spiro atoms. The van der Waals surface area contributed by atoms with Crippen molar-refractivity contribution in [2.24, 2.45) is 5.92 Å². The number of carboxylic acids is 1. The summed E-state index contributed by atoms with van der Waals surface area (Å²) < 4.78 is 3.50. The van der Waals surface area contributed by atoms with E-state index in [1.165, 1.54) is 29.0 Å². The summed E-state index contributed by atoms with van der Waals surface area (Å²) in [6.07, 6.45) is 4.73. The number of hydrogen-bond donors (Lipinski definition) is 2. The van der Waals surface area contributed by atoms with Crippen LogP contribution in [0.4, 0.5) is 5.69 Å². The third-order valence-electron chi connectivity index (χ3n) is 4.87. The van der Waals surface area contributed by atoms with Crippen molar-refractivity contribution in [2.45, 2.75) is 42.7 Å². The Bertz CT molecular complexity index is 563. The Hall–Kier alpha value is -1.20. The molecule has 2 heterocycles. The highest BCUT2D eigenvalue weighted by molar-refractivity contribution is 7.97. The summed E-state index contributed by atoms with van der Waals surface area (Å²) in [5.41, 5.74) is 2.50. The van der Waals surface area contributed by atoms with E-state index in [1.54, 1.807) is 11.9 Å². The van der Waals surface area contributed by atoms with Gasteiger partial charge in [-0.2, -0.15) is 0 Å². The molecule has 1 aromatic rings. The number of rotatable bonds is 2. The Labute approximate surface area is 122 Å². The lowest BCUT2D eigenvalue weighted by molar-refractivity contribution is -0.145. The summed E-state index contributed by atoms with van der Waals surface area (Å²) in [5, 5.41) is 9.20. The fourth-order valence-corrected chi connectivity index (χ4v) is 4.58. The van der Waals surface area contributed by atoms with Gasteiger partial charge in [-0.3, -0.25) is 4.79 Å². The van der Waals surface area contributed by atoms with Crippen LogP contribution in [0.3, 0.4) is 0 Å². The van der Waals surface area contributed by atoms with Crippen molar-refractivity contribution < 1.29 is 9.90 Å². The van der Waals surface area contributed by atoms with Gasteiger partial charge in [-0.15, -0.1) is 0 Å². The minimum Gasteiger partial charge on any atom is -0.481 e. The number of anilines is 1. The summed E-state index contributed by atoms with van der Waals surface area (Å²) in [6.45, 7) is 1.12. The zero-order valence-corrected chi connectivity index (χ0v) is 12.0. The van der Waals surface area contributed by atoms with Gasteiger partial charge in [0.05, 0.1) is 17.8 Å². The molecule has 20 heavy (non-hydrogen) atoms. The van der Waals surface area contributed by atoms with Crippen molar-refractivity contribution >= 4 is 23.6 Å². The van der Waals surface area contributed by atoms with Gasteiger partial charge in [-0.05, 0) is 61.2 Å². The van der Waals surface area contributed by atoms with Crippen LogP contribution in [0.2, 0.25) is 0 Å². The van der Waals surface area contributed by atoms with Crippen LogP contribution in [-0.2, 0) is 4.79 Å². The molecule has 1 aromatic carbocycles. The molecule has 3 aliphatic rings. The van der Waals surface area contributed by atoms with E-state index in [9.17, 15) is 9.90 Å². The van der Waals surface area contributed by atoms with E-state index >= 15 is 0 Å². The lowest BCUT2D eigenvalue weighted by atomic mass is 9.70. The number of fused-ring (bicyclic) bond motifs is 3. The van der Waals surface area contributed by atoms with E-state index in [1.807, 2.05) is 0 Å². The molecule has 2 aliphatic heterocycles. The molecule has 3 atom stereocenters. The molecule has 2 N–H and O–H groups in total. The summed E-state index contributed by atoms with van der Waals surface area (Å²) in [4.78, 5) is 14.9. The van der Waals surface area contributed by atoms with Crippen LogP contribution >= 0.6 is 11.9 Å². The van der Waals surface area contributed by atoms with Gasteiger partial charge in [0.1, 0.15) is 0 Å². The minimum absolute atomic E-state index is 0.186. The number of carboxylic acid groups (broad SMARTS) is 1. The molecule has 4 rings (SSSR count). The summed E-state index contributed by atoms with van der Waals surface area (Å²) in [7, 11) is 0. The Morgan fingerprint density at radius 2 is 2.25 bits per heavy atom. The van der Waals surface area contributed by atoms with Gasteiger partial charge in [0.2, 0.25) is 0 Å². The molecule has 0 amide bonds. The van der Waals surface area contributed by atoms with Crippen LogP contribution in [0, 0.1) is 5.92 Å². The largest absolute Gasteiger partial charge is 0.481 e. The third-order valence-corrected chi connectivity index (χ3v) is 5.81. The van der Waals surface area contributed by atoms with Crippen molar-refractivity contribution in [3.63, 3.8) is 0 Å². The predicted octanol–water partition coefficient (Wildman–Crippen LogP) is 2.80. The van der Waals surface area contributed by atoms with Crippen LogP contribution in [-0.4, -0.2) is 23.8 Å². The average molecular weight is 290 g/mol. The van der Waals surface area contributed by atoms with E-state index < -0.39 is 5.97 Å². The van der Waals surface area contributed by atoms with Crippen molar-refractivity contribution in [2.75, 3.05) is 11.4 Å². The SMILES string of the molecule is O=C(O)C1CCC1c1ccc2c(c1)SNC1CCCN21. The second kappa shape index (κ2) is 4.67. The van der Waals surface area contributed by atoms with Crippen LogP contribution in [0.15, 0.2) is 23.1 Å². The molecular formula is C15H18N2O2S. The van der Waals surface area contributed by atoms with Gasteiger partial charge in [-0.25, -0.2) is 4.72 Å². The van der Waals surface area contributed by atoms with Crippen LogP contribution in [0.1, 0.15) is 37.2 Å². The molecule has 0 bridgehead atoms. The molecular weight excluding hydrogens is 272 g/mol. The Morgan fingerprint density at radius 1 is 1.35 bits per heavy atom. The lowest BCUT2D eigenvalue weighted by Crippen LogP contribution is -2.41. The second-order valence-corrected chi connectivity index (χ2v) is 6.81. The molecule has 5 heteroatoms. The number of benzene rings is 1. The topological polar surface area (TPSA) is 52.6 Å². The second-order valence-electron chi connectivity index (χ2n) is 5.93. The van der Waals surface area contributed by atoms with Crippen molar-refractivity contribution in [1.29, 1.82) is 0 Å². The van der Waals surface area contributed by atoms with Crippen LogP contribution < -0.4 is 9.62 Å². The monoisotopic (exact) mass is 290 g/mol. The molecule has 2 fully saturated rings. The quantitative estimate of drug-likeness (QED) is 0.820. The number of hydrogen-bond acceptors (Lipinski definition) is 4. The maximum atomic E-state index is 11.2. The third kappa shape index (κ3) is 1.84. The summed E-state index contributed by atoms with van der Waals surface area (Å²) in [5.74, 6) is -0.631. The molecule has 3 unspecified atom stereocenters. The van der Waals surface area contributed by atoms with Gasteiger partial charge < -0.3 is 10.0 Å². The first-order valence-electron chi connectivity index (χ1n) is 7.30. The first kappa shape index (κ1) is 12.5. The van der Waals surface area contributed by atoms with E-state index in [-0.39, 0.29) is 11.8 Å². The highest BCUT2D eigenvalue weighted by Crippen LogP contribution is 2.46. The van der Waals surface area contributed by atoms with E-state index in [2.05, 4.69) is 27.8 Å². The molecule has 0 aromatic heterocycles. The Balaban J connectivity index is 1.63.